The van der Waals surface area contributed by atoms with Crippen molar-refractivity contribution in [1.29, 1.82) is 0 Å². The normalized spacial score (nSPS) is 10.6. The van der Waals surface area contributed by atoms with E-state index in [9.17, 15) is 14.7 Å². The molecule has 0 fully saturated rings. The third kappa shape index (κ3) is 4.07. The summed E-state index contributed by atoms with van der Waals surface area (Å²) < 4.78 is 1.15. The number of ketones is 1. The second-order valence-corrected chi connectivity index (χ2v) is 6.34. The van der Waals surface area contributed by atoms with Crippen molar-refractivity contribution in [3.63, 3.8) is 0 Å². The number of hydrogen-bond acceptors (Lipinski definition) is 5. The van der Waals surface area contributed by atoms with Gasteiger partial charge >= 0.3 is 0 Å². The number of halogens is 1. The van der Waals surface area contributed by atoms with Gasteiger partial charge in [0.25, 0.3) is 5.56 Å². The molecule has 7 heteroatoms. The fourth-order valence-corrected chi connectivity index (χ4v) is 2.97. The lowest BCUT2D eigenvalue weighted by Gasteiger charge is -2.16. The molecule has 0 saturated carbocycles. The van der Waals surface area contributed by atoms with E-state index in [4.69, 9.17) is 11.6 Å². The summed E-state index contributed by atoms with van der Waals surface area (Å²) in [7, 11) is 0. The molecule has 0 aliphatic carbocycles. The van der Waals surface area contributed by atoms with Crippen LogP contribution in [0.4, 0.5) is 11.4 Å². The standard InChI is InChI=1S/C20H18ClN3O3/c1-13(26)17-18(14-6-3-2-4-7-14)23-24(10-11-25)20(27)19(17)22-16-9-5-8-15(21)12-16/h2-9,12,22,25H,10-11H2,1H3. The Hall–Kier alpha value is -2.96. The Labute approximate surface area is 161 Å². The molecule has 138 valence electrons. The number of aromatic nitrogens is 2. The summed E-state index contributed by atoms with van der Waals surface area (Å²) in [4.78, 5) is 25.3. The minimum absolute atomic E-state index is 0.0150. The maximum atomic E-state index is 12.9. The molecule has 0 spiro atoms. The molecule has 0 radical (unpaired) electrons. The first-order chi connectivity index (χ1) is 13.0. The number of benzene rings is 2. The molecule has 3 aromatic rings. The van der Waals surface area contributed by atoms with Crippen molar-refractivity contribution in [3.05, 3.63) is 75.5 Å². The SMILES string of the molecule is CC(=O)c1c(-c2ccccc2)nn(CCO)c(=O)c1Nc1cccc(Cl)c1. The Balaban J connectivity index is 2.27. The van der Waals surface area contributed by atoms with Gasteiger partial charge in [-0.3, -0.25) is 9.59 Å². The van der Waals surface area contributed by atoms with Crippen molar-refractivity contribution in [1.82, 2.24) is 9.78 Å². The van der Waals surface area contributed by atoms with E-state index < -0.39 is 5.56 Å². The molecule has 0 aliphatic heterocycles. The van der Waals surface area contributed by atoms with Crippen LogP contribution in [0.15, 0.2) is 59.4 Å². The first-order valence-electron chi connectivity index (χ1n) is 8.36. The van der Waals surface area contributed by atoms with E-state index in [1.54, 1.807) is 24.3 Å². The lowest BCUT2D eigenvalue weighted by Crippen LogP contribution is -2.29. The molecular weight excluding hydrogens is 366 g/mol. The van der Waals surface area contributed by atoms with Crippen molar-refractivity contribution >= 4 is 28.8 Å². The lowest BCUT2D eigenvalue weighted by atomic mass is 10.0. The van der Waals surface area contributed by atoms with Gasteiger partial charge in [0.2, 0.25) is 0 Å². The second kappa shape index (κ2) is 8.16. The first-order valence-corrected chi connectivity index (χ1v) is 8.74. The second-order valence-electron chi connectivity index (χ2n) is 5.91. The number of carbonyl (C=O) groups excluding carboxylic acids is 1. The van der Waals surface area contributed by atoms with Gasteiger partial charge < -0.3 is 10.4 Å². The summed E-state index contributed by atoms with van der Waals surface area (Å²) in [6.45, 7) is 1.15. The summed E-state index contributed by atoms with van der Waals surface area (Å²) in [6, 6.07) is 16.0. The number of carbonyl (C=O) groups is 1. The van der Waals surface area contributed by atoms with Gasteiger partial charge in [-0.05, 0) is 25.1 Å². The third-order valence-electron chi connectivity index (χ3n) is 3.96. The highest BCUT2D eigenvalue weighted by Gasteiger charge is 2.22. The highest BCUT2D eigenvalue weighted by atomic mass is 35.5. The van der Waals surface area contributed by atoms with Crippen molar-refractivity contribution in [2.45, 2.75) is 13.5 Å². The van der Waals surface area contributed by atoms with Crippen LogP contribution in [0, 0.1) is 0 Å². The van der Waals surface area contributed by atoms with E-state index in [2.05, 4.69) is 10.4 Å². The molecule has 0 bridgehead atoms. The minimum Gasteiger partial charge on any atom is -0.394 e. The zero-order valence-electron chi connectivity index (χ0n) is 14.6. The third-order valence-corrected chi connectivity index (χ3v) is 4.20. The van der Waals surface area contributed by atoms with E-state index >= 15 is 0 Å². The van der Waals surface area contributed by atoms with E-state index in [0.717, 1.165) is 4.68 Å². The Morgan fingerprint density at radius 1 is 1.19 bits per heavy atom. The fraction of sp³-hybridized carbons (Fsp3) is 0.150. The number of nitrogens with zero attached hydrogens (tertiary/aromatic N) is 2. The van der Waals surface area contributed by atoms with E-state index in [0.29, 0.717) is 22.0 Å². The number of rotatable bonds is 6. The molecule has 0 amide bonds. The first kappa shape index (κ1) is 18.8. The number of aliphatic hydroxyl groups excluding tert-OH is 1. The van der Waals surface area contributed by atoms with Crippen LogP contribution in [-0.2, 0) is 6.54 Å². The van der Waals surface area contributed by atoms with E-state index in [1.807, 2.05) is 30.3 Å². The molecule has 3 rings (SSSR count). The van der Waals surface area contributed by atoms with E-state index in [-0.39, 0.29) is 30.2 Å². The van der Waals surface area contributed by atoms with Crippen LogP contribution in [0.3, 0.4) is 0 Å². The lowest BCUT2D eigenvalue weighted by molar-refractivity contribution is 0.101. The van der Waals surface area contributed by atoms with Gasteiger partial charge in [0.05, 0.1) is 18.7 Å². The summed E-state index contributed by atoms with van der Waals surface area (Å²) in [6.07, 6.45) is 0. The Bertz CT molecular complexity index is 1030. The summed E-state index contributed by atoms with van der Waals surface area (Å²) in [5, 5.41) is 17.1. The van der Waals surface area contributed by atoms with Crippen molar-refractivity contribution in [3.8, 4) is 11.3 Å². The summed E-state index contributed by atoms with van der Waals surface area (Å²) in [5.74, 6) is -0.292. The van der Waals surface area contributed by atoms with E-state index in [1.165, 1.54) is 6.92 Å². The molecular formula is C20H18ClN3O3. The molecule has 2 aromatic carbocycles. The van der Waals surface area contributed by atoms with Crippen molar-refractivity contribution in [2.75, 3.05) is 11.9 Å². The molecule has 1 aromatic heterocycles. The van der Waals surface area contributed by atoms with Gasteiger partial charge in [-0.15, -0.1) is 0 Å². The van der Waals surface area contributed by atoms with Crippen molar-refractivity contribution < 1.29 is 9.90 Å². The Kier molecular flexibility index (Phi) is 5.69. The van der Waals surface area contributed by atoms with Gasteiger partial charge in [0.15, 0.2) is 5.78 Å². The number of aliphatic hydroxyl groups is 1. The quantitative estimate of drug-likeness (QED) is 0.636. The van der Waals surface area contributed by atoms with Crippen LogP contribution in [0.25, 0.3) is 11.3 Å². The van der Waals surface area contributed by atoms with Crippen LogP contribution >= 0.6 is 11.6 Å². The topological polar surface area (TPSA) is 84.2 Å². The average molecular weight is 384 g/mol. The summed E-state index contributed by atoms with van der Waals surface area (Å²) in [5.41, 5.74) is 1.45. The van der Waals surface area contributed by atoms with Gasteiger partial charge in [-0.2, -0.15) is 5.10 Å². The monoisotopic (exact) mass is 383 g/mol. The maximum Gasteiger partial charge on any atom is 0.291 e. The molecule has 1 heterocycles. The van der Waals surface area contributed by atoms with Gasteiger partial charge in [0, 0.05) is 16.3 Å². The van der Waals surface area contributed by atoms with Gasteiger partial charge in [0.1, 0.15) is 11.4 Å². The number of Topliss-reactive ketones (excluding diaryl/α,β-unsaturated/α-hetero) is 1. The molecule has 0 unspecified atom stereocenters. The minimum atomic E-state index is -0.492. The van der Waals surface area contributed by atoms with Crippen LogP contribution in [0.1, 0.15) is 17.3 Å². The Morgan fingerprint density at radius 2 is 1.93 bits per heavy atom. The van der Waals surface area contributed by atoms with Crippen LogP contribution in [0.5, 0.6) is 0 Å². The predicted molar refractivity (Wildman–Crippen MR) is 106 cm³/mol. The summed E-state index contributed by atoms with van der Waals surface area (Å²) >= 11 is 6.03. The molecule has 0 saturated heterocycles. The van der Waals surface area contributed by atoms with Crippen LogP contribution in [-0.4, -0.2) is 27.3 Å². The maximum absolute atomic E-state index is 12.9. The highest BCUT2D eigenvalue weighted by molar-refractivity contribution is 6.30. The molecule has 0 aliphatic rings. The Morgan fingerprint density at radius 3 is 2.56 bits per heavy atom. The zero-order chi connectivity index (χ0) is 19.4. The smallest absolute Gasteiger partial charge is 0.291 e. The van der Waals surface area contributed by atoms with Gasteiger partial charge in [-0.1, -0.05) is 48.0 Å². The van der Waals surface area contributed by atoms with Crippen LogP contribution < -0.4 is 10.9 Å². The highest BCUT2D eigenvalue weighted by Crippen LogP contribution is 2.28. The predicted octanol–water partition coefficient (Wildman–Crippen LogP) is 3.50. The van der Waals surface area contributed by atoms with Crippen molar-refractivity contribution in [2.24, 2.45) is 0 Å². The molecule has 0 atom stereocenters. The molecule has 2 N–H and O–H groups in total. The fourth-order valence-electron chi connectivity index (χ4n) is 2.78. The zero-order valence-corrected chi connectivity index (χ0v) is 15.4. The van der Waals surface area contributed by atoms with Gasteiger partial charge in [-0.25, -0.2) is 4.68 Å². The van der Waals surface area contributed by atoms with Crippen LogP contribution in [0.2, 0.25) is 5.02 Å². The number of nitrogens with one attached hydrogen (secondary N) is 1. The average Bonchev–Trinajstić information content (AvgIpc) is 2.65. The largest absolute Gasteiger partial charge is 0.394 e. The molecule has 6 nitrogen and oxygen atoms in total. The number of anilines is 2. The number of hydrogen-bond donors (Lipinski definition) is 2. The molecule has 27 heavy (non-hydrogen) atoms.